The van der Waals surface area contributed by atoms with Crippen LogP contribution in [0.3, 0.4) is 0 Å². The van der Waals surface area contributed by atoms with Gasteiger partial charge in [-0.1, -0.05) is 0 Å². The lowest BCUT2D eigenvalue weighted by Gasteiger charge is -2.07. The van der Waals surface area contributed by atoms with Gasteiger partial charge in [0.25, 0.3) is 0 Å². The maximum absolute atomic E-state index is 8.64. The zero-order chi connectivity index (χ0) is 12.8. The number of aliphatic hydroxyl groups excluding tert-OH is 1. The number of benzene rings is 2. The molecule has 3 N–H and O–H groups in total. The van der Waals surface area contributed by atoms with Gasteiger partial charge in [-0.05, 0) is 48.5 Å². The molecule has 0 amide bonds. The molecule has 0 saturated heterocycles. The van der Waals surface area contributed by atoms with Crippen LogP contribution >= 0.6 is 0 Å². The first kappa shape index (κ1) is 12.3. The summed E-state index contributed by atoms with van der Waals surface area (Å²) in [6.45, 7) is 0.294. The Morgan fingerprint density at radius 3 is 1.89 bits per heavy atom. The summed E-state index contributed by atoms with van der Waals surface area (Å²) >= 11 is 0. The van der Waals surface area contributed by atoms with E-state index < -0.39 is 0 Å². The molecule has 2 rings (SSSR count). The van der Waals surface area contributed by atoms with Crippen LogP contribution in [0.25, 0.3) is 0 Å². The van der Waals surface area contributed by atoms with E-state index in [2.05, 4.69) is 0 Å². The number of aliphatic hydroxyl groups is 1. The van der Waals surface area contributed by atoms with E-state index in [1.807, 2.05) is 24.3 Å². The Balaban J connectivity index is 1.99. The van der Waals surface area contributed by atoms with E-state index >= 15 is 0 Å². The van der Waals surface area contributed by atoms with Crippen molar-refractivity contribution >= 4 is 5.69 Å². The molecule has 0 heterocycles. The van der Waals surface area contributed by atoms with Crippen LogP contribution in [0, 0.1) is 0 Å². The smallest absolute Gasteiger partial charge is 0.127 e. The standard InChI is InChI=1S/C14H15NO3/c15-11-1-3-13(4-2-11)18-14-7-5-12(6-8-14)17-10-9-16/h1-8,16H,9-10,15H2. The largest absolute Gasteiger partial charge is 0.491 e. The summed E-state index contributed by atoms with van der Waals surface area (Å²) in [5.41, 5.74) is 6.30. The maximum Gasteiger partial charge on any atom is 0.127 e. The minimum atomic E-state index is 0.00366. The Morgan fingerprint density at radius 1 is 0.833 bits per heavy atom. The third-order valence-electron chi connectivity index (χ3n) is 2.30. The highest BCUT2D eigenvalue weighted by Gasteiger charge is 1.98. The second kappa shape index (κ2) is 5.93. The summed E-state index contributed by atoms with van der Waals surface area (Å²) in [6, 6.07) is 14.4. The van der Waals surface area contributed by atoms with Crippen molar-refractivity contribution in [1.82, 2.24) is 0 Å². The van der Waals surface area contributed by atoms with Gasteiger partial charge in [-0.2, -0.15) is 0 Å². The van der Waals surface area contributed by atoms with Crippen molar-refractivity contribution in [3.8, 4) is 17.2 Å². The maximum atomic E-state index is 8.64. The molecule has 0 bridgehead atoms. The van der Waals surface area contributed by atoms with Crippen LogP contribution < -0.4 is 15.2 Å². The molecule has 0 unspecified atom stereocenters. The Labute approximate surface area is 106 Å². The zero-order valence-electron chi connectivity index (χ0n) is 9.87. The predicted octanol–water partition coefficient (Wildman–Crippen LogP) is 2.43. The molecule has 0 atom stereocenters. The monoisotopic (exact) mass is 245 g/mol. The summed E-state index contributed by atoms with van der Waals surface area (Å²) in [7, 11) is 0. The Bertz CT molecular complexity index is 479. The molecule has 4 nitrogen and oxygen atoms in total. The van der Waals surface area contributed by atoms with Gasteiger partial charge >= 0.3 is 0 Å². The van der Waals surface area contributed by atoms with Crippen LogP contribution in [-0.2, 0) is 0 Å². The summed E-state index contributed by atoms with van der Waals surface area (Å²) < 4.78 is 10.9. The van der Waals surface area contributed by atoms with Gasteiger partial charge in [-0.3, -0.25) is 0 Å². The Hall–Kier alpha value is -2.20. The molecular weight excluding hydrogens is 230 g/mol. The lowest BCUT2D eigenvalue weighted by molar-refractivity contribution is 0.201. The van der Waals surface area contributed by atoms with E-state index in [1.54, 1.807) is 24.3 Å². The van der Waals surface area contributed by atoms with Crippen LogP contribution in [0.2, 0.25) is 0 Å². The number of hydrogen-bond acceptors (Lipinski definition) is 4. The normalized spacial score (nSPS) is 10.1. The zero-order valence-corrected chi connectivity index (χ0v) is 9.87. The van der Waals surface area contributed by atoms with Crippen molar-refractivity contribution in [3.63, 3.8) is 0 Å². The highest BCUT2D eigenvalue weighted by molar-refractivity contribution is 5.43. The Morgan fingerprint density at radius 2 is 1.33 bits per heavy atom. The number of ether oxygens (including phenoxy) is 2. The van der Waals surface area contributed by atoms with Crippen LogP contribution in [0.1, 0.15) is 0 Å². The quantitative estimate of drug-likeness (QED) is 0.794. The van der Waals surface area contributed by atoms with Crippen LogP contribution in [0.15, 0.2) is 48.5 Å². The van der Waals surface area contributed by atoms with Gasteiger partial charge in [0, 0.05) is 5.69 Å². The van der Waals surface area contributed by atoms with Gasteiger partial charge in [-0.15, -0.1) is 0 Å². The van der Waals surface area contributed by atoms with Gasteiger partial charge in [0.2, 0.25) is 0 Å². The second-order valence-corrected chi connectivity index (χ2v) is 3.71. The van der Waals surface area contributed by atoms with Crippen LogP contribution in [-0.4, -0.2) is 18.3 Å². The summed E-state index contributed by atoms with van der Waals surface area (Å²) in [4.78, 5) is 0. The van der Waals surface area contributed by atoms with Gasteiger partial charge in [-0.25, -0.2) is 0 Å². The van der Waals surface area contributed by atoms with Gasteiger partial charge in [0.05, 0.1) is 6.61 Å². The summed E-state index contributed by atoms with van der Waals surface area (Å²) in [6.07, 6.45) is 0. The number of anilines is 1. The van der Waals surface area contributed by atoms with E-state index in [4.69, 9.17) is 20.3 Å². The van der Waals surface area contributed by atoms with Crippen molar-refractivity contribution in [1.29, 1.82) is 0 Å². The summed E-state index contributed by atoms with van der Waals surface area (Å²) in [5, 5.41) is 8.64. The molecule has 0 aliphatic carbocycles. The van der Waals surface area contributed by atoms with E-state index in [0.717, 1.165) is 11.5 Å². The van der Waals surface area contributed by atoms with Crippen LogP contribution in [0.5, 0.6) is 17.2 Å². The molecule has 18 heavy (non-hydrogen) atoms. The van der Waals surface area contributed by atoms with Crippen molar-refractivity contribution in [2.24, 2.45) is 0 Å². The third kappa shape index (κ3) is 3.40. The van der Waals surface area contributed by atoms with E-state index in [0.29, 0.717) is 11.4 Å². The van der Waals surface area contributed by atoms with Crippen molar-refractivity contribution in [2.75, 3.05) is 18.9 Å². The fraction of sp³-hybridized carbons (Fsp3) is 0.143. The molecule has 94 valence electrons. The molecule has 2 aromatic rings. The molecule has 0 fully saturated rings. The average Bonchev–Trinajstić information content (AvgIpc) is 2.41. The SMILES string of the molecule is Nc1ccc(Oc2ccc(OCCO)cc2)cc1. The minimum Gasteiger partial charge on any atom is -0.491 e. The lowest BCUT2D eigenvalue weighted by atomic mass is 10.3. The highest BCUT2D eigenvalue weighted by atomic mass is 16.5. The molecule has 0 aliphatic rings. The van der Waals surface area contributed by atoms with Gasteiger partial charge < -0.3 is 20.3 Å². The molecule has 4 heteroatoms. The van der Waals surface area contributed by atoms with Gasteiger partial charge in [0.15, 0.2) is 0 Å². The Kier molecular flexibility index (Phi) is 4.04. The van der Waals surface area contributed by atoms with Gasteiger partial charge in [0.1, 0.15) is 23.9 Å². The molecule has 0 saturated carbocycles. The lowest BCUT2D eigenvalue weighted by Crippen LogP contribution is -2.01. The van der Waals surface area contributed by atoms with Crippen molar-refractivity contribution in [2.45, 2.75) is 0 Å². The molecule has 0 aromatic heterocycles. The fourth-order valence-corrected chi connectivity index (χ4v) is 1.44. The van der Waals surface area contributed by atoms with Crippen molar-refractivity contribution < 1.29 is 14.6 Å². The molecule has 2 aromatic carbocycles. The topological polar surface area (TPSA) is 64.7 Å². The minimum absolute atomic E-state index is 0.00366. The first-order valence-corrected chi connectivity index (χ1v) is 5.65. The number of hydrogen-bond donors (Lipinski definition) is 2. The predicted molar refractivity (Wildman–Crippen MR) is 70.0 cm³/mol. The molecular formula is C14H15NO3. The average molecular weight is 245 g/mol. The van der Waals surface area contributed by atoms with Crippen LogP contribution in [0.4, 0.5) is 5.69 Å². The van der Waals surface area contributed by atoms with Crippen molar-refractivity contribution in [3.05, 3.63) is 48.5 Å². The molecule has 0 spiro atoms. The van der Waals surface area contributed by atoms with E-state index in [-0.39, 0.29) is 13.2 Å². The first-order chi connectivity index (χ1) is 8.78. The summed E-state index contributed by atoms with van der Waals surface area (Å²) in [5.74, 6) is 2.15. The first-order valence-electron chi connectivity index (χ1n) is 5.65. The molecule has 0 aliphatic heterocycles. The van der Waals surface area contributed by atoms with E-state index in [9.17, 15) is 0 Å². The van der Waals surface area contributed by atoms with E-state index in [1.165, 1.54) is 0 Å². The number of nitrogens with two attached hydrogens (primary N) is 1. The fourth-order valence-electron chi connectivity index (χ4n) is 1.44. The number of nitrogen functional groups attached to an aromatic ring is 1. The number of rotatable bonds is 5. The third-order valence-corrected chi connectivity index (χ3v) is 2.30. The highest BCUT2D eigenvalue weighted by Crippen LogP contribution is 2.24. The second-order valence-electron chi connectivity index (χ2n) is 3.71. The molecule has 0 radical (unpaired) electrons.